The number of pyridine rings is 3. The third kappa shape index (κ3) is 5.16. The third-order valence-electron chi connectivity index (χ3n) is 6.09. The molecule has 9 heteroatoms. The first kappa shape index (κ1) is 23.7. The number of hydrogen-bond donors (Lipinski definition) is 2. The highest BCUT2D eigenvalue weighted by molar-refractivity contribution is 7.98. The number of piperazine rings is 1. The van der Waals surface area contributed by atoms with Crippen LogP contribution in [0.25, 0.3) is 22.3 Å². The number of fused-ring (bicyclic) bond motifs is 1. The van der Waals surface area contributed by atoms with Crippen molar-refractivity contribution in [2.24, 2.45) is 0 Å². The number of benzene rings is 1. The van der Waals surface area contributed by atoms with Crippen molar-refractivity contribution in [1.29, 1.82) is 0 Å². The van der Waals surface area contributed by atoms with E-state index < -0.39 is 0 Å². The lowest BCUT2D eigenvalue weighted by atomic mass is 10.1. The first-order valence-corrected chi connectivity index (χ1v) is 12.9. The van der Waals surface area contributed by atoms with Crippen LogP contribution in [0.2, 0.25) is 0 Å². The average Bonchev–Trinajstić information content (AvgIpc) is 2.91. The molecule has 0 atom stereocenters. The summed E-state index contributed by atoms with van der Waals surface area (Å²) in [4.78, 5) is 41.6. The zero-order valence-electron chi connectivity index (χ0n) is 20.1. The van der Waals surface area contributed by atoms with Crippen LogP contribution in [-0.2, 0) is 11.3 Å². The molecule has 5 rings (SSSR count). The molecule has 1 fully saturated rings. The van der Waals surface area contributed by atoms with Gasteiger partial charge in [-0.2, -0.15) is 0 Å². The molecule has 36 heavy (non-hydrogen) atoms. The number of nitrogens with one attached hydrogen (secondary N) is 2. The van der Waals surface area contributed by atoms with E-state index in [1.165, 1.54) is 0 Å². The average molecular weight is 499 g/mol. The second-order valence-corrected chi connectivity index (χ2v) is 9.43. The van der Waals surface area contributed by atoms with Gasteiger partial charge in [0.1, 0.15) is 5.82 Å². The Balaban J connectivity index is 1.34. The maximum absolute atomic E-state index is 12.7. The van der Waals surface area contributed by atoms with Gasteiger partial charge in [0.25, 0.3) is 5.91 Å². The van der Waals surface area contributed by atoms with Gasteiger partial charge in [0.05, 0.1) is 35.7 Å². The Bertz CT molecular complexity index is 1460. The van der Waals surface area contributed by atoms with E-state index in [1.807, 2.05) is 72.7 Å². The molecule has 0 bridgehead atoms. The number of aryl methyl sites for hydroxylation is 1. The zero-order chi connectivity index (χ0) is 25.1. The lowest BCUT2D eigenvalue weighted by Crippen LogP contribution is -2.48. The molecule has 3 aromatic heterocycles. The van der Waals surface area contributed by atoms with E-state index >= 15 is 0 Å². The maximum atomic E-state index is 12.7. The molecule has 4 heterocycles. The molecule has 0 aliphatic carbocycles. The van der Waals surface area contributed by atoms with Gasteiger partial charge in [-0.15, -0.1) is 11.8 Å². The number of hydrogen-bond acceptors (Lipinski definition) is 7. The van der Waals surface area contributed by atoms with Gasteiger partial charge >= 0.3 is 0 Å². The molecule has 0 unspecified atom stereocenters. The summed E-state index contributed by atoms with van der Waals surface area (Å²) in [5.41, 5.74) is 4.74. The SMILES string of the molecule is CSc1cc(C(=O)NCc2cc3nc(-c4cccc(N5CCNC(=O)C5)n4)ccc3cn2)ccc1C. The molecule has 1 aliphatic rings. The summed E-state index contributed by atoms with van der Waals surface area (Å²) in [6.07, 6.45) is 3.77. The number of thioether (sulfide) groups is 1. The molecule has 4 aromatic rings. The largest absolute Gasteiger partial charge is 0.353 e. The Kier molecular flexibility index (Phi) is 6.81. The van der Waals surface area contributed by atoms with Gasteiger partial charge in [0.15, 0.2) is 0 Å². The first-order chi connectivity index (χ1) is 17.5. The molecule has 1 aromatic carbocycles. The Labute approximate surface area is 213 Å². The predicted molar refractivity (Wildman–Crippen MR) is 142 cm³/mol. The van der Waals surface area contributed by atoms with Crippen LogP contribution in [0.15, 0.2) is 65.7 Å². The Morgan fingerprint density at radius 2 is 1.97 bits per heavy atom. The topological polar surface area (TPSA) is 100 Å². The molecule has 8 nitrogen and oxygen atoms in total. The summed E-state index contributed by atoms with van der Waals surface area (Å²) in [6.45, 7) is 3.95. The fourth-order valence-corrected chi connectivity index (χ4v) is 4.74. The lowest BCUT2D eigenvalue weighted by Gasteiger charge is -2.27. The highest BCUT2D eigenvalue weighted by Crippen LogP contribution is 2.23. The number of carbonyl (C=O) groups is 2. The second-order valence-electron chi connectivity index (χ2n) is 8.58. The molecule has 0 spiro atoms. The van der Waals surface area contributed by atoms with Crippen molar-refractivity contribution in [3.05, 3.63) is 77.6 Å². The molecule has 1 saturated heterocycles. The van der Waals surface area contributed by atoms with Gasteiger partial charge in [-0.05, 0) is 61.2 Å². The number of nitrogens with zero attached hydrogens (tertiary/aromatic N) is 4. The van der Waals surface area contributed by atoms with Crippen molar-refractivity contribution in [2.75, 3.05) is 30.8 Å². The molecule has 0 radical (unpaired) electrons. The number of anilines is 1. The number of carbonyl (C=O) groups excluding carboxylic acids is 2. The number of amides is 2. The molecule has 2 amide bonds. The molecule has 0 saturated carbocycles. The van der Waals surface area contributed by atoms with E-state index in [9.17, 15) is 9.59 Å². The normalized spacial score (nSPS) is 13.5. The number of rotatable bonds is 6. The summed E-state index contributed by atoms with van der Waals surface area (Å²) in [7, 11) is 0. The Morgan fingerprint density at radius 3 is 2.81 bits per heavy atom. The van der Waals surface area contributed by atoms with Gasteiger partial charge in [-0.1, -0.05) is 12.1 Å². The summed E-state index contributed by atoms with van der Waals surface area (Å²) in [5, 5.41) is 6.69. The monoisotopic (exact) mass is 498 g/mol. The maximum Gasteiger partial charge on any atom is 0.251 e. The van der Waals surface area contributed by atoms with Crippen LogP contribution in [-0.4, -0.2) is 52.7 Å². The lowest BCUT2D eigenvalue weighted by molar-refractivity contribution is -0.120. The Hall–Kier alpha value is -3.98. The van der Waals surface area contributed by atoms with Gasteiger partial charge in [0.2, 0.25) is 5.91 Å². The molecular weight excluding hydrogens is 472 g/mol. The summed E-state index contributed by atoms with van der Waals surface area (Å²) >= 11 is 1.63. The minimum atomic E-state index is -0.138. The molecule has 1 aliphatic heterocycles. The van der Waals surface area contributed by atoms with Crippen molar-refractivity contribution >= 4 is 40.3 Å². The van der Waals surface area contributed by atoms with Crippen molar-refractivity contribution in [3.8, 4) is 11.4 Å². The van der Waals surface area contributed by atoms with Crippen LogP contribution in [0.5, 0.6) is 0 Å². The van der Waals surface area contributed by atoms with Crippen molar-refractivity contribution < 1.29 is 9.59 Å². The zero-order valence-corrected chi connectivity index (χ0v) is 20.9. The van der Waals surface area contributed by atoms with E-state index in [0.29, 0.717) is 25.2 Å². The van der Waals surface area contributed by atoms with Crippen LogP contribution in [0.3, 0.4) is 0 Å². The smallest absolute Gasteiger partial charge is 0.251 e. The summed E-state index contributed by atoms with van der Waals surface area (Å²) in [5.74, 6) is 0.612. The van der Waals surface area contributed by atoms with Crippen LogP contribution in [0.1, 0.15) is 21.6 Å². The predicted octanol–water partition coefficient (Wildman–Crippen LogP) is 3.59. The van der Waals surface area contributed by atoms with E-state index in [2.05, 4.69) is 15.6 Å². The summed E-state index contributed by atoms with van der Waals surface area (Å²) < 4.78 is 0. The third-order valence-corrected chi connectivity index (χ3v) is 6.97. The quantitative estimate of drug-likeness (QED) is 0.392. The molecule has 182 valence electrons. The van der Waals surface area contributed by atoms with Crippen molar-refractivity contribution in [3.63, 3.8) is 0 Å². The minimum absolute atomic E-state index is 0.00326. The first-order valence-electron chi connectivity index (χ1n) is 11.7. The second kappa shape index (κ2) is 10.3. The van der Waals surface area contributed by atoms with Gasteiger partial charge in [0, 0.05) is 35.1 Å². The van der Waals surface area contributed by atoms with Crippen LogP contribution in [0, 0.1) is 6.92 Å². The Morgan fingerprint density at radius 1 is 1.11 bits per heavy atom. The van der Waals surface area contributed by atoms with Crippen LogP contribution < -0.4 is 15.5 Å². The fraction of sp³-hybridized carbons (Fsp3) is 0.222. The van der Waals surface area contributed by atoms with E-state index in [4.69, 9.17) is 9.97 Å². The van der Waals surface area contributed by atoms with Gasteiger partial charge in [-0.25, -0.2) is 9.97 Å². The molecule has 2 N–H and O–H groups in total. The van der Waals surface area contributed by atoms with Crippen molar-refractivity contribution in [1.82, 2.24) is 25.6 Å². The van der Waals surface area contributed by atoms with Gasteiger partial charge in [-0.3, -0.25) is 14.6 Å². The van der Waals surface area contributed by atoms with E-state index in [1.54, 1.807) is 18.0 Å². The number of aromatic nitrogens is 3. The van der Waals surface area contributed by atoms with Crippen LogP contribution >= 0.6 is 11.8 Å². The van der Waals surface area contributed by atoms with Gasteiger partial charge < -0.3 is 15.5 Å². The highest BCUT2D eigenvalue weighted by atomic mass is 32.2. The van der Waals surface area contributed by atoms with E-state index in [-0.39, 0.29) is 11.8 Å². The van der Waals surface area contributed by atoms with Crippen LogP contribution in [0.4, 0.5) is 5.82 Å². The fourth-order valence-electron chi connectivity index (χ4n) is 4.11. The summed E-state index contributed by atoms with van der Waals surface area (Å²) in [6, 6.07) is 17.2. The standard InChI is InChI=1S/C27H26N6O2S/c1-17-6-7-18(12-24(17)36-2)27(35)30-15-20-13-23-19(14-29-20)8-9-22(31-23)21-4-3-5-25(32-21)33-11-10-28-26(34)16-33/h3-9,12-14H,10-11,15-16H2,1-2H3,(H,28,34)(H,30,35). The minimum Gasteiger partial charge on any atom is -0.353 e. The van der Waals surface area contributed by atoms with Crippen molar-refractivity contribution in [2.45, 2.75) is 18.4 Å². The highest BCUT2D eigenvalue weighted by Gasteiger charge is 2.18. The van der Waals surface area contributed by atoms with E-state index in [0.717, 1.165) is 50.8 Å². The molecular formula is C27H26N6O2S.